The van der Waals surface area contributed by atoms with Gasteiger partial charge in [-0.1, -0.05) is 26.0 Å². The zero-order valence-corrected chi connectivity index (χ0v) is 18.5. The minimum Gasteiger partial charge on any atom is -0.406 e. The second kappa shape index (κ2) is 10.5. The monoisotopic (exact) mass is 495 g/mol. The first-order valence-corrected chi connectivity index (χ1v) is 10.3. The maximum atomic E-state index is 13.7. The Kier molecular flexibility index (Phi) is 7.69. The zero-order chi connectivity index (χ0) is 25.8. The van der Waals surface area contributed by atoms with Crippen molar-refractivity contribution in [1.29, 1.82) is 0 Å². The molecule has 0 radical (unpaired) electrons. The van der Waals surface area contributed by atoms with Gasteiger partial charge in [-0.25, -0.2) is 4.98 Å². The minimum atomic E-state index is -4.88. The van der Waals surface area contributed by atoms with Crippen LogP contribution in [-0.2, 0) is 0 Å². The van der Waals surface area contributed by atoms with Gasteiger partial charge in [-0.3, -0.25) is 10.1 Å². The largest absolute Gasteiger partial charge is 0.573 e. The van der Waals surface area contributed by atoms with E-state index in [1.54, 1.807) is 0 Å². The number of nitro benzene ring substituents is 1. The molecule has 3 rings (SSSR count). The van der Waals surface area contributed by atoms with E-state index in [0.29, 0.717) is 0 Å². The summed E-state index contributed by atoms with van der Waals surface area (Å²) in [5.74, 6) is -1.35. The molecule has 0 aliphatic carbocycles. The van der Waals surface area contributed by atoms with Gasteiger partial charge in [-0.05, 0) is 30.2 Å². The van der Waals surface area contributed by atoms with Gasteiger partial charge in [0.15, 0.2) is 0 Å². The van der Waals surface area contributed by atoms with Crippen LogP contribution in [0.25, 0.3) is 11.3 Å². The number of aliphatic hydroxyl groups excluding tert-OH is 1. The fourth-order valence-electron chi connectivity index (χ4n) is 3.04. The third kappa shape index (κ3) is 6.99. The summed E-state index contributed by atoms with van der Waals surface area (Å²) in [5.41, 5.74) is -0.157. The number of nitrogens with zero attached hydrogens (tertiary/aromatic N) is 3. The quantitative estimate of drug-likeness (QED) is 0.209. The number of nitrogens with one attached hydrogen (secondary N) is 2. The van der Waals surface area contributed by atoms with Crippen LogP contribution in [0.1, 0.15) is 13.8 Å². The molecule has 9 nitrogen and oxygen atoms in total. The first kappa shape index (κ1) is 25.6. The normalized spacial score (nSPS) is 12.3. The van der Waals surface area contributed by atoms with Gasteiger partial charge in [0, 0.05) is 23.4 Å². The lowest BCUT2D eigenvalue weighted by Crippen LogP contribution is -2.30. The Balaban J connectivity index is 2.03. The molecule has 0 aliphatic heterocycles. The molecule has 13 heteroatoms. The van der Waals surface area contributed by atoms with E-state index in [2.05, 4.69) is 25.3 Å². The average molecular weight is 495 g/mol. The molecule has 0 saturated heterocycles. The van der Waals surface area contributed by atoms with E-state index in [9.17, 15) is 32.8 Å². The molecular weight excluding hydrogens is 474 g/mol. The van der Waals surface area contributed by atoms with Gasteiger partial charge in [0.2, 0.25) is 11.8 Å². The maximum Gasteiger partial charge on any atom is 0.573 e. The predicted octanol–water partition coefficient (Wildman–Crippen LogP) is 5.26. The number of ether oxygens (including phenoxy) is 1. The van der Waals surface area contributed by atoms with Crippen molar-refractivity contribution in [1.82, 2.24) is 9.97 Å². The van der Waals surface area contributed by atoms with Gasteiger partial charge < -0.3 is 20.5 Å². The topological polar surface area (TPSA) is 122 Å². The highest BCUT2D eigenvalue weighted by molar-refractivity contribution is 5.69. The Morgan fingerprint density at radius 2 is 1.89 bits per heavy atom. The van der Waals surface area contributed by atoms with Crippen molar-refractivity contribution in [2.75, 3.05) is 17.2 Å². The lowest BCUT2D eigenvalue weighted by Gasteiger charge is -2.21. The number of benzene rings is 2. The van der Waals surface area contributed by atoms with Crippen LogP contribution in [0.15, 0.2) is 48.5 Å². The highest BCUT2D eigenvalue weighted by Crippen LogP contribution is 2.30. The highest BCUT2D eigenvalue weighted by Gasteiger charge is 2.31. The number of alkyl halides is 3. The first-order valence-electron chi connectivity index (χ1n) is 10.3. The molecule has 0 saturated carbocycles. The van der Waals surface area contributed by atoms with Crippen LogP contribution in [-0.4, -0.2) is 39.0 Å². The van der Waals surface area contributed by atoms with Crippen LogP contribution < -0.4 is 15.4 Å². The third-order valence-corrected chi connectivity index (χ3v) is 4.82. The Morgan fingerprint density at radius 1 is 1.14 bits per heavy atom. The standard InChI is InChI=1S/C22H21F4N5O4/c1-12(2)18(11-32)29-21-28-17(13-4-3-5-15(8-13)35-22(24,25)26)10-20(30-21)27-14-6-7-16(23)19(9-14)31(33)34/h3-10,12,18,32H,11H2,1-2H3,(H2,27,28,29,30)/t18-/m1/s1. The summed E-state index contributed by atoms with van der Waals surface area (Å²) < 4.78 is 55.6. The lowest BCUT2D eigenvalue weighted by molar-refractivity contribution is -0.387. The lowest BCUT2D eigenvalue weighted by atomic mass is 10.1. The number of nitro groups is 1. The summed E-state index contributed by atoms with van der Waals surface area (Å²) in [6.45, 7) is 3.46. The Bertz CT molecular complexity index is 1210. The van der Waals surface area contributed by atoms with E-state index < -0.39 is 34.6 Å². The molecule has 0 unspecified atom stereocenters. The van der Waals surface area contributed by atoms with Crippen molar-refractivity contribution < 1.29 is 32.3 Å². The molecule has 3 aromatic rings. The fourth-order valence-corrected chi connectivity index (χ4v) is 3.04. The molecule has 0 spiro atoms. The molecule has 3 N–H and O–H groups in total. The molecular formula is C22H21F4N5O4. The zero-order valence-electron chi connectivity index (χ0n) is 18.5. The molecule has 1 heterocycles. The molecule has 186 valence electrons. The number of rotatable bonds is 9. The molecule has 2 aromatic carbocycles. The number of halogens is 4. The van der Waals surface area contributed by atoms with E-state index in [1.165, 1.54) is 24.3 Å². The number of anilines is 3. The van der Waals surface area contributed by atoms with Crippen LogP contribution in [0.5, 0.6) is 5.75 Å². The number of aliphatic hydroxyl groups is 1. The third-order valence-electron chi connectivity index (χ3n) is 4.82. The second-order valence-corrected chi connectivity index (χ2v) is 7.76. The van der Waals surface area contributed by atoms with E-state index >= 15 is 0 Å². The van der Waals surface area contributed by atoms with Gasteiger partial charge >= 0.3 is 12.0 Å². The summed E-state index contributed by atoms with van der Waals surface area (Å²) in [7, 11) is 0. The van der Waals surface area contributed by atoms with Crippen LogP contribution >= 0.6 is 0 Å². The van der Waals surface area contributed by atoms with Crippen molar-refractivity contribution in [3.63, 3.8) is 0 Å². The molecule has 1 atom stereocenters. The van der Waals surface area contributed by atoms with E-state index in [0.717, 1.165) is 24.3 Å². The van der Waals surface area contributed by atoms with Crippen LogP contribution in [0, 0.1) is 21.8 Å². The number of hydrogen-bond donors (Lipinski definition) is 3. The Labute approximate surface area is 196 Å². The van der Waals surface area contributed by atoms with Gasteiger partial charge in [0.05, 0.1) is 23.3 Å². The molecule has 1 aromatic heterocycles. The SMILES string of the molecule is CC(C)[C@@H](CO)Nc1nc(Nc2ccc(F)c([N+](=O)[O-])c2)cc(-c2cccc(OC(F)(F)F)c2)n1. The molecule has 0 amide bonds. The number of aromatic nitrogens is 2. The maximum absolute atomic E-state index is 13.7. The fraction of sp³-hybridized carbons (Fsp3) is 0.273. The highest BCUT2D eigenvalue weighted by atomic mass is 19.4. The Hall–Kier alpha value is -4.00. The van der Waals surface area contributed by atoms with Crippen LogP contribution in [0.2, 0.25) is 0 Å². The molecule has 0 aliphatic rings. The molecule has 0 bridgehead atoms. The van der Waals surface area contributed by atoms with E-state index in [4.69, 9.17) is 0 Å². The van der Waals surface area contributed by atoms with E-state index in [1.807, 2.05) is 13.8 Å². The smallest absolute Gasteiger partial charge is 0.406 e. The van der Waals surface area contributed by atoms with Crippen LogP contribution in [0.3, 0.4) is 0 Å². The van der Waals surface area contributed by atoms with Crippen molar-refractivity contribution in [2.24, 2.45) is 5.92 Å². The minimum absolute atomic E-state index is 0.0214. The van der Waals surface area contributed by atoms with Gasteiger partial charge in [-0.15, -0.1) is 13.2 Å². The summed E-state index contributed by atoms with van der Waals surface area (Å²) >= 11 is 0. The first-order chi connectivity index (χ1) is 16.4. The van der Waals surface area contributed by atoms with E-state index in [-0.39, 0.29) is 41.2 Å². The van der Waals surface area contributed by atoms with Gasteiger partial charge in [0.1, 0.15) is 11.6 Å². The summed E-state index contributed by atoms with van der Waals surface area (Å²) in [6.07, 6.45) is -4.88. The number of hydrogen-bond acceptors (Lipinski definition) is 8. The average Bonchev–Trinajstić information content (AvgIpc) is 2.77. The van der Waals surface area contributed by atoms with Crippen LogP contribution in [0.4, 0.5) is 40.7 Å². The Morgan fingerprint density at radius 3 is 2.51 bits per heavy atom. The van der Waals surface area contributed by atoms with Crippen molar-refractivity contribution in [2.45, 2.75) is 26.3 Å². The predicted molar refractivity (Wildman–Crippen MR) is 120 cm³/mol. The summed E-state index contributed by atoms with van der Waals surface area (Å²) in [6, 6.07) is 9.25. The molecule has 35 heavy (non-hydrogen) atoms. The van der Waals surface area contributed by atoms with Crippen molar-refractivity contribution in [3.05, 3.63) is 64.5 Å². The van der Waals surface area contributed by atoms with Crippen molar-refractivity contribution >= 4 is 23.1 Å². The van der Waals surface area contributed by atoms with Gasteiger partial charge in [-0.2, -0.15) is 9.37 Å². The van der Waals surface area contributed by atoms with Gasteiger partial charge in [0.25, 0.3) is 0 Å². The molecule has 0 fully saturated rings. The summed E-state index contributed by atoms with van der Waals surface area (Å²) in [5, 5.41) is 26.5. The summed E-state index contributed by atoms with van der Waals surface area (Å²) in [4.78, 5) is 18.8. The second-order valence-electron chi connectivity index (χ2n) is 7.76. The van der Waals surface area contributed by atoms with Crippen molar-refractivity contribution in [3.8, 4) is 17.0 Å².